The molecule has 1 amide bonds. The lowest BCUT2D eigenvalue weighted by atomic mass is 9.85. The van der Waals surface area contributed by atoms with Crippen molar-refractivity contribution >= 4 is 17.3 Å². The van der Waals surface area contributed by atoms with Crippen LogP contribution in [-0.2, 0) is 4.79 Å². The highest BCUT2D eigenvalue weighted by Crippen LogP contribution is 2.26. The molecular formula is C20H27N3O2. The Balaban J connectivity index is 1.84. The van der Waals surface area contributed by atoms with E-state index < -0.39 is 0 Å². The summed E-state index contributed by atoms with van der Waals surface area (Å²) in [5.74, 6) is 1.04. The van der Waals surface area contributed by atoms with Crippen LogP contribution in [0.15, 0.2) is 53.2 Å². The number of anilines is 1. The van der Waals surface area contributed by atoms with Gasteiger partial charge in [0, 0.05) is 5.69 Å². The van der Waals surface area contributed by atoms with Gasteiger partial charge in [-0.1, -0.05) is 18.2 Å². The lowest BCUT2D eigenvalue weighted by Crippen LogP contribution is -2.28. The molecule has 25 heavy (non-hydrogen) atoms. The van der Waals surface area contributed by atoms with Gasteiger partial charge in [0.1, 0.15) is 5.75 Å². The van der Waals surface area contributed by atoms with Gasteiger partial charge in [-0.05, 0) is 69.4 Å². The highest BCUT2D eigenvalue weighted by atomic mass is 16.5. The zero-order valence-electron chi connectivity index (χ0n) is 15.3. The lowest BCUT2D eigenvalue weighted by Gasteiger charge is -2.22. The molecule has 2 N–H and O–H groups in total. The van der Waals surface area contributed by atoms with E-state index in [0.717, 1.165) is 41.1 Å². The molecule has 0 saturated heterocycles. The van der Waals surface area contributed by atoms with Crippen molar-refractivity contribution in [3.05, 3.63) is 48.1 Å². The van der Waals surface area contributed by atoms with Gasteiger partial charge in [0.05, 0.1) is 18.9 Å². The van der Waals surface area contributed by atoms with E-state index in [0.29, 0.717) is 12.5 Å². The minimum absolute atomic E-state index is 0.164. The summed E-state index contributed by atoms with van der Waals surface area (Å²) >= 11 is 0. The highest BCUT2D eigenvalue weighted by molar-refractivity contribution is 6.01. The third-order valence-electron chi connectivity index (χ3n) is 4.23. The van der Waals surface area contributed by atoms with Crippen LogP contribution in [0.2, 0.25) is 0 Å². The van der Waals surface area contributed by atoms with Crippen molar-refractivity contribution in [1.29, 1.82) is 0 Å². The standard InChI is InChI=1S/C20H27N3O2/c1-5-25-18-10-8-17(9-11-18)21-13-20(24)23-22-19-12-16(14(2)3)7-6-15(19)4/h6,8-11,16,21H,2,5,7,12-13H2,1,3-4H3,(H,23,24)/b22-19-/t16-/m1/s1. The van der Waals surface area contributed by atoms with E-state index in [1.165, 1.54) is 0 Å². The van der Waals surface area contributed by atoms with Crippen molar-refractivity contribution < 1.29 is 9.53 Å². The smallest absolute Gasteiger partial charge is 0.259 e. The monoisotopic (exact) mass is 341 g/mol. The normalized spacial score (nSPS) is 18.4. The minimum Gasteiger partial charge on any atom is -0.494 e. The number of hydrogen-bond acceptors (Lipinski definition) is 4. The van der Waals surface area contributed by atoms with Crippen molar-refractivity contribution in [2.45, 2.75) is 33.6 Å². The number of nitrogens with zero attached hydrogens (tertiary/aromatic N) is 1. The van der Waals surface area contributed by atoms with E-state index >= 15 is 0 Å². The lowest BCUT2D eigenvalue weighted by molar-refractivity contribution is -0.119. The number of rotatable bonds is 7. The number of ether oxygens (including phenoxy) is 1. The first-order valence-electron chi connectivity index (χ1n) is 8.64. The van der Waals surface area contributed by atoms with E-state index in [2.05, 4.69) is 28.5 Å². The van der Waals surface area contributed by atoms with Crippen molar-refractivity contribution in [3.63, 3.8) is 0 Å². The fourth-order valence-electron chi connectivity index (χ4n) is 2.61. The fourth-order valence-corrected chi connectivity index (χ4v) is 2.61. The summed E-state index contributed by atoms with van der Waals surface area (Å²) < 4.78 is 5.39. The molecule has 0 fully saturated rings. The Bertz CT molecular complexity index is 675. The van der Waals surface area contributed by atoms with Gasteiger partial charge in [0.25, 0.3) is 5.91 Å². The first-order chi connectivity index (χ1) is 12.0. The predicted molar refractivity (Wildman–Crippen MR) is 103 cm³/mol. The van der Waals surface area contributed by atoms with Gasteiger partial charge < -0.3 is 10.1 Å². The minimum atomic E-state index is -0.174. The highest BCUT2D eigenvalue weighted by Gasteiger charge is 2.18. The summed E-state index contributed by atoms with van der Waals surface area (Å²) in [7, 11) is 0. The number of hydrogen-bond donors (Lipinski definition) is 2. The predicted octanol–water partition coefficient (Wildman–Crippen LogP) is 3.90. The van der Waals surface area contributed by atoms with Gasteiger partial charge in [-0.25, -0.2) is 5.43 Å². The van der Waals surface area contributed by atoms with Crippen LogP contribution in [0.3, 0.4) is 0 Å². The number of nitrogens with one attached hydrogen (secondary N) is 2. The van der Waals surface area contributed by atoms with Crippen LogP contribution in [0.4, 0.5) is 5.69 Å². The van der Waals surface area contributed by atoms with Crippen LogP contribution in [0.25, 0.3) is 0 Å². The summed E-state index contributed by atoms with van der Waals surface area (Å²) in [6.07, 6.45) is 3.98. The van der Waals surface area contributed by atoms with E-state index in [9.17, 15) is 4.79 Å². The van der Waals surface area contributed by atoms with Crippen LogP contribution in [0.5, 0.6) is 5.75 Å². The molecule has 1 aromatic rings. The third kappa shape index (κ3) is 5.78. The van der Waals surface area contributed by atoms with Crippen LogP contribution in [0, 0.1) is 5.92 Å². The van der Waals surface area contributed by atoms with Gasteiger partial charge in [-0.3, -0.25) is 4.79 Å². The van der Waals surface area contributed by atoms with Crippen LogP contribution in [-0.4, -0.2) is 24.8 Å². The van der Waals surface area contributed by atoms with Gasteiger partial charge in [-0.15, -0.1) is 0 Å². The van der Waals surface area contributed by atoms with Crippen molar-refractivity contribution in [2.75, 3.05) is 18.5 Å². The maximum atomic E-state index is 12.0. The maximum absolute atomic E-state index is 12.0. The number of amides is 1. The van der Waals surface area contributed by atoms with E-state index in [-0.39, 0.29) is 12.5 Å². The number of benzene rings is 1. The van der Waals surface area contributed by atoms with Crippen LogP contribution in [0.1, 0.15) is 33.6 Å². The molecule has 0 bridgehead atoms. The van der Waals surface area contributed by atoms with Crippen molar-refractivity contribution in [2.24, 2.45) is 11.0 Å². The Morgan fingerprint density at radius 2 is 2.08 bits per heavy atom. The van der Waals surface area contributed by atoms with Crippen molar-refractivity contribution in [3.8, 4) is 5.75 Å². The molecule has 2 rings (SSSR count). The molecule has 0 aromatic heterocycles. The molecule has 0 radical (unpaired) electrons. The molecule has 1 aliphatic carbocycles. The first-order valence-corrected chi connectivity index (χ1v) is 8.64. The Kier molecular flexibility index (Phi) is 6.81. The second-order valence-corrected chi connectivity index (χ2v) is 6.27. The molecule has 5 nitrogen and oxygen atoms in total. The van der Waals surface area contributed by atoms with E-state index in [1.807, 2.05) is 45.0 Å². The Labute approximate surface area is 149 Å². The van der Waals surface area contributed by atoms with E-state index in [1.54, 1.807) is 0 Å². The summed E-state index contributed by atoms with van der Waals surface area (Å²) in [6, 6.07) is 7.51. The largest absolute Gasteiger partial charge is 0.494 e. The van der Waals surface area contributed by atoms with Crippen molar-refractivity contribution in [1.82, 2.24) is 5.43 Å². The molecular weight excluding hydrogens is 314 g/mol. The molecule has 1 aromatic carbocycles. The molecule has 0 saturated carbocycles. The average Bonchev–Trinajstić information content (AvgIpc) is 2.60. The quantitative estimate of drug-likeness (QED) is 0.584. The number of carbonyl (C=O) groups excluding carboxylic acids is 1. The average molecular weight is 341 g/mol. The van der Waals surface area contributed by atoms with Gasteiger partial charge in [0.2, 0.25) is 0 Å². The number of carbonyl (C=O) groups is 1. The molecule has 0 unspecified atom stereocenters. The fraction of sp³-hybridized carbons (Fsp3) is 0.400. The van der Waals surface area contributed by atoms with Gasteiger partial charge >= 0.3 is 0 Å². The number of allylic oxidation sites excluding steroid dienone is 3. The Morgan fingerprint density at radius 1 is 1.36 bits per heavy atom. The molecule has 0 spiro atoms. The summed E-state index contributed by atoms with van der Waals surface area (Å²) in [5.41, 5.74) is 6.70. The molecule has 5 heteroatoms. The molecule has 0 aliphatic heterocycles. The SMILES string of the molecule is C=C(C)[C@@H]1CC=C(C)/C(=N\NC(=O)CNc2ccc(OCC)cc2)C1. The van der Waals surface area contributed by atoms with E-state index in [4.69, 9.17) is 4.74 Å². The van der Waals surface area contributed by atoms with Crippen LogP contribution >= 0.6 is 0 Å². The zero-order chi connectivity index (χ0) is 18.2. The number of hydrazone groups is 1. The Hall–Kier alpha value is -2.56. The second-order valence-electron chi connectivity index (χ2n) is 6.27. The summed E-state index contributed by atoms with van der Waals surface area (Å²) in [5, 5.41) is 7.37. The third-order valence-corrected chi connectivity index (χ3v) is 4.23. The maximum Gasteiger partial charge on any atom is 0.259 e. The molecule has 1 aliphatic rings. The van der Waals surface area contributed by atoms with Crippen LogP contribution < -0.4 is 15.5 Å². The summed E-state index contributed by atoms with van der Waals surface area (Å²) in [4.78, 5) is 12.0. The molecule has 1 atom stereocenters. The topological polar surface area (TPSA) is 62.7 Å². The molecule has 0 heterocycles. The second kappa shape index (κ2) is 9.06. The van der Waals surface area contributed by atoms with Gasteiger partial charge in [-0.2, -0.15) is 5.10 Å². The molecule has 134 valence electrons. The summed E-state index contributed by atoms with van der Waals surface area (Å²) in [6.45, 7) is 10.8. The zero-order valence-corrected chi connectivity index (χ0v) is 15.3. The van der Waals surface area contributed by atoms with Gasteiger partial charge in [0.15, 0.2) is 0 Å². The first kappa shape index (κ1) is 18.8. The Morgan fingerprint density at radius 3 is 2.72 bits per heavy atom.